The van der Waals surface area contributed by atoms with E-state index < -0.39 is 5.60 Å². The highest BCUT2D eigenvalue weighted by molar-refractivity contribution is 7.10. The summed E-state index contributed by atoms with van der Waals surface area (Å²) < 4.78 is 0. The Morgan fingerprint density at radius 2 is 2.05 bits per heavy atom. The van der Waals surface area contributed by atoms with Crippen LogP contribution in [0.2, 0.25) is 0 Å². The summed E-state index contributed by atoms with van der Waals surface area (Å²) >= 11 is 1.63. The molecule has 0 aromatic carbocycles. The lowest BCUT2D eigenvalue weighted by molar-refractivity contribution is -0.132. The van der Waals surface area contributed by atoms with E-state index in [9.17, 15) is 9.90 Å². The molecule has 1 saturated heterocycles. The van der Waals surface area contributed by atoms with Gasteiger partial charge >= 0.3 is 0 Å². The van der Waals surface area contributed by atoms with Crippen LogP contribution < -0.4 is 0 Å². The zero-order chi connectivity index (χ0) is 13.9. The van der Waals surface area contributed by atoms with Crippen LogP contribution in [0.1, 0.15) is 18.7 Å². The SMILES string of the molecule is CC(C)(O)CN1CCN(C(=O)Cc2cccs2)CC1. The minimum atomic E-state index is -0.664. The van der Waals surface area contributed by atoms with Gasteiger partial charge in [0.2, 0.25) is 5.91 Å². The second-order valence-electron chi connectivity index (χ2n) is 5.73. The number of hydrogen-bond acceptors (Lipinski definition) is 4. The molecule has 0 spiro atoms. The highest BCUT2D eigenvalue weighted by Crippen LogP contribution is 2.13. The van der Waals surface area contributed by atoms with Crippen molar-refractivity contribution in [2.75, 3.05) is 32.7 Å². The minimum absolute atomic E-state index is 0.213. The average molecular weight is 282 g/mol. The topological polar surface area (TPSA) is 43.8 Å². The maximum atomic E-state index is 12.1. The second-order valence-corrected chi connectivity index (χ2v) is 6.76. The molecule has 0 aliphatic carbocycles. The van der Waals surface area contributed by atoms with Gasteiger partial charge < -0.3 is 10.0 Å². The van der Waals surface area contributed by atoms with Gasteiger partial charge in [-0.15, -0.1) is 11.3 Å². The van der Waals surface area contributed by atoms with E-state index in [1.807, 2.05) is 36.3 Å². The van der Waals surface area contributed by atoms with Gasteiger partial charge in [0.05, 0.1) is 12.0 Å². The van der Waals surface area contributed by atoms with Crippen molar-refractivity contribution >= 4 is 17.2 Å². The average Bonchev–Trinajstić information content (AvgIpc) is 2.80. The first-order valence-electron chi connectivity index (χ1n) is 6.69. The van der Waals surface area contributed by atoms with E-state index in [-0.39, 0.29) is 5.91 Å². The van der Waals surface area contributed by atoms with E-state index in [1.54, 1.807) is 11.3 Å². The van der Waals surface area contributed by atoms with Gasteiger partial charge in [0.1, 0.15) is 0 Å². The van der Waals surface area contributed by atoms with E-state index in [2.05, 4.69) is 4.90 Å². The van der Waals surface area contributed by atoms with Gasteiger partial charge in [-0.25, -0.2) is 0 Å². The van der Waals surface area contributed by atoms with Gasteiger partial charge in [0.25, 0.3) is 0 Å². The summed E-state index contributed by atoms with van der Waals surface area (Å²) in [4.78, 5) is 17.4. The Labute approximate surface area is 118 Å². The van der Waals surface area contributed by atoms with Crippen LogP contribution >= 0.6 is 11.3 Å². The quantitative estimate of drug-likeness (QED) is 0.902. The summed E-state index contributed by atoms with van der Waals surface area (Å²) in [5.41, 5.74) is -0.664. The van der Waals surface area contributed by atoms with E-state index in [0.717, 1.165) is 31.1 Å². The van der Waals surface area contributed by atoms with Gasteiger partial charge in [-0.3, -0.25) is 9.69 Å². The molecule has 2 rings (SSSR count). The second kappa shape index (κ2) is 6.03. The van der Waals surface area contributed by atoms with E-state index >= 15 is 0 Å². The lowest BCUT2D eigenvalue weighted by atomic mass is 10.1. The summed E-state index contributed by atoms with van der Waals surface area (Å²) in [7, 11) is 0. The van der Waals surface area contributed by atoms with Gasteiger partial charge in [-0.1, -0.05) is 6.07 Å². The predicted octanol–water partition coefficient (Wildman–Crippen LogP) is 1.21. The molecule has 0 radical (unpaired) electrons. The summed E-state index contributed by atoms with van der Waals surface area (Å²) in [6.07, 6.45) is 0.517. The summed E-state index contributed by atoms with van der Waals surface area (Å²) in [5, 5.41) is 11.8. The standard InChI is InChI=1S/C14H22N2O2S/c1-14(2,18)11-15-5-7-16(8-6-15)13(17)10-12-4-3-9-19-12/h3-4,9,18H,5-8,10-11H2,1-2H3. The molecular weight excluding hydrogens is 260 g/mol. The Morgan fingerprint density at radius 1 is 1.37 bits per heavy atom. The van der Waals surface area contributed by atoms with Crippen LogP contribution in [0.25, 0.3) is 0 Å². The number of nitrogens with zero attached hydrogens (tertiary/aromatic N) is 2. The molecule has 0 saturated carbocycles. The van der Waals surface area contributed by atoms with Crippen LogP contribution in [-0.2, 0) is 11.2 Å². The van der Waals surface area contributed by atoms with Gasteiger partial charge in [-0.2, -0.15) is 0 Å². The van der Waals surface area contributed by atoms with Crippen LogP contribution in [0.5, 0.6) is 0 Å². The maximum Gasteiger partial charge on any atom is 0.227 e. The number of carbonyl (C=O) groups is 1. The summed E-state index contributed by atoms with van der Waals surface area (Å²) in [6, 6.07) is 3.99. The number of carbonyl (C=O) groups excluding carboxylic acids is 1. The van der Waals surface area contributed by atoms with Crippen LogP contribution in [0.15, 0.2) is 17.5 Å². The largest absolute Gasteiger partial charge is 0.389 e. The fourth-order valence-electron chi connectivity index (χ4n) is 2.38. The van der Waals surface area contributed by atoms with Crippen LogP contribution in [-0.4, -0.2) is 59.1 Å². The molecular formula is C14H22N2O2S. The molecule has 19 heavy (non-hydrogen) atoms. The zero-order valence-corrected chi connectivity index (χ0v) is 12.4. The Morgan fingerprint density at radius 3 is 2.58 bits per heavy atom. The lowest BCUT2D eigenvalue weighted by Crippen LogP contribution is -2.52. The molecule has 1 fully saturated rings. The number of amides is 1. The third kappa shape index (κ3) is 4.60. The Kier molecular flexibility index (Phi) is 4.60. The van der Waals surface area contributed by atoms with Gasteiger partial charge in [-0.05, 0) is 25.3 Å². The van der Waals surface area contributed by atoms with Crippen LogP contribution in [0, 0.1) is 0 Å². The fraction of sp³-hybridized carbons (Fsp3) is 0.643. The summed E-state index contributed by atoms with van der Waals surface area (Å²) in [5.74, 6) is 0.213. The molecule has 1 N–H and O–H groups in total. The molecule has 0 unspecified atom stereocenters. The Hall–Kier alpha value is -0.910. The van der Waals surface area contributed by atoms with Crippen molar-refractivity contribution in [1.82, 2.24) is 9.80 Å². The predicted molar refractivity (Wildman–Crippen MR) is 77.3 cm³/mol. The first-order chi connectivity index (χ1) is 8.94. The molecule has 1 aromatic heterocycles. The van der Waals surface area contributed by atoms with Crippen molar-refractivity contribution in [1.29, 1.82) is 0 Å². The van der Waals surface area contributed by atoms with Crippen molar-refractivity contribution in [3.05, 3.63) is 22.4 Å². The van der Waals surface area contributed by atoms with Crippen LogP contribution in [0.3, 0.4) is 0 Å². The maximum absolute atomic E-state index is 12.1. The monoisotopic (exact) mass is 282 g/mol. The third-order valence-electron chi connectivity index (χ3n) is 3.24. The third-order valence-corrected chi connectivity index (χ3v) is 4.12. The number of thiophene rings is 1. The minimum Gasteiger partial charge on any atom is -0.389 e. The zero-order valence-electron chi connectivity index (χ0n) is 11.6. The fourth-order valence-corrected chi connectivity index (χ4v) is 3.07. The molecule has 1 amide bonds. The van der Waals surface area contributed by atoms with E-state index in [1.165, 1.54) is 0 Å². The number of hydrogen-bond donors (Lipinski definition) is 1. The first-order valence-corrected chi connectivity index (χ1v) is 7.57. The molecule has 0 atom stereocenters. The smallest absolute Gasteiger partial charge is 0.227 e. The molecule has 4 nitrogen and oxygen atoms in total. The molecule has 106 valence electrons. The molecule has 1 aliphatic heterocycles. The van der Waals surface area contributed by atoms with Crippen molar-refractivity contribution in [3.63, 3.8) is 0 Å². The van der Waals surface area contributed by atoms with Crippen molar-refractivity contribution in [2.45, 2.75) is 25.9 Å². The van der Waals surface area contributed by atoms with Crippen molar-refractivity contribution in [2.24, 2.45) is 0 Å². The van der Waals surface area contributed by atoms with E-state index in [0.29, 0.717) is 13.0 Å². The number of β-amino-alcohol motifs (C(OH)–C–C–N with tert-alkyl or cyclic N) is 1. The molecule has 1 aliphatic rings. The molecule has 1 aromatic rings. The molecule has 0 bridgehead atoms. The van der Waals surface area contributed by atoms with E-state index in [4.69, 9.17) is 0 Å². The van der Waals surface area contributed by atoms with Crippen molar-refractivity contribution < 1.29 is 9.90 Å². The first kappa shape index (κ1) is 14.5. The Balaban J connectivity index is 1.78. The van der Waals surface area contributed by atoms with Gasteiger partial charge in [0.15, 0.2) is 0 Å². The molecule has 2 heterocycles. The number of rotatable bonds is 4. The van der Waals surface area contributed by atoms with Gasteiger partial charge in [0, 0.05) is 37.6 Å². The highest BCUT2D eigenvalue weighted by Gasteiger charge is 2.24. The van der Waals surface area contributed by atoms with Crippen LogP contribution in [0.4, 0.5) is 0 Å². The molecule has 5 heteroatoms. The normalized spacial score (nSPS) is 17.7. The van der Waals surface area contributed by atoms with Crippen molar-refractivity contribution in [3.8, 4) is 0 Å². The number of aliphatic hydroxyl groups is 1. The highest BCUT2D eigenvalue weighted by atomic mass is 32.1. The number of piperazine rings is 1. The Bertz CT molecular complexity index is 404. The summed E-state index contributed by atoms with van der Waals surface area (Å²) in [6.45, 7) is 7.53. The lowest BCUT2D eigenvalue weighted by Gasteiger charge is -2.37.